The van der Waals surface area contributed by atoms with Crippen molar-refractivity contribution in [3.05, 3.63) is 53.3 Å². The number of hydrogen-bond acceptors (Lipinski definition) is 4. The van der Waals surface area contributed by atoms with Crippen molar-refractivity contribution in [2.45, 2.75) is 12.6 Å². The van der Waals surface area contributed by atoms with E-state index in [9.17, 15) is 22.8 Å². The average Bonchev–Trinajstić information content (AvgIpc) is 2.53. The SMILES string of the molecule is COC(=O)Cc1cncc(-c2ccc(C(F)(F)F)cc2C=O)c1. The fraction of sp³-hybridized carbons (Fsp3) is 0.188. The third-order valence-electron chi connectivity index (χ3n) is 3.19. The first kappa shape index (κ1) is 16.7. The van der Waals surface area contributed by atoms with Gasteiger partial charge in [0.05, 0.1) is 19.1 Å². The molecule has 0 N–H and O–H groups in total. The van der Waals surface area contributed by atoms with Gasteiger partial charge in [0.15, 0.2) is 6.29 Å². The second kappa shape index (κ2) is 6.60. The zero-order valence-electron chi connectivity index (χ0n) is 12.1. The standard InChI is InChI=1S/C16H12F3NO3/c1-23-15(22)5-10-4-11(8-20-7-10)14-3-2-13(16(17,18)19)6-12(14)9-21/h2-4,6-9H,5H2,1H3. The number of halogens is 3. The topological polar surface area (TPSA) is 56.3 Å². The lowest BCUT2D eigenvalue weighted by molar-refractivity contribution is -0.140. The predicted octanol–water partition coefficient (Wildman–Crippen LogP) is 3.30. The fourth-order valence-corrected chi connectivity index (χ4v) is 2.07. The van der Waals surface area contributed by atoms with Gasteiger partial charge in [-0.2, -0.15) is 13.2 Å². The van der Waals surface area contributed by atoms with E-state index in [4.69, 9.17) is 0 Å². The minimum atomic E-state index is -4.53. The van der Waals surface area contributed by atoms with Gasteiger partial charge in [0.1, 0.15) is 0 Å². The molecule has 0 bridgehead atoms. The van der Waals surface area contributed by atoms with Crippen LogP contribution in [0.25, 0.3) is 11.1 Å². The molecule has 120 valence electrons. The Morgan fingerprint density at radius 3 is 2.61 bits per heavy atom. The van der Waals surface area contributed by atoms with Crippen LogP contribution < -0.4 is 0 Å². The molecule has 0 spiro atoms. The average molecular weight is 323 g/mol. The minimum Gasteiger partial charge on any atom is -0.469 e. The van der Waals surface area contributed by atoms with Crippen molar-refractivity contribution in [2.24, 2.45) is 0 Å². The van der Waals surface area contributed by atoms with Crippen molar-refractivity contribution in [3.8, 4) is 11.1 Å². The summed E-state index contributed by atoms with van der Waals surface area (Å²) in [5, 5.41) is 0. The van der Waals surface area contributed by atoms with E-state index in [1.165, 1.54) is 25.6 Å². The fourth-order valence-electron chi connectivity index (χ4n) is 2.07. The van der Waals surface area contributed by atoms with E-state index in [0.717, 1.165) is 12.1 Å². The highest BCUT2D eigenvalue weighted by Crippen LogP contribution is 2.33. The smallest absolute Gasteiger partial charge is 0.416 e. The first-order valence-electron chi connectivity index (χ1n) is 6.52. The molecule has 4 nitrogen and oxygen atoms in total. The van der Waals surface area contributed by atoms with Crippen LogP contribution in [0.2, 0.25) is 0 Å². The molecule has 0 aliphatic carbocycles. The van der Waals surface area contributed by atoms with Crippen LogP contribution in [0.15, 0.2) is 36.7 Å². The van der Waals surface area contributed by atoms with Crippen molar-refractivity contribution >= 4 is 12.3 Å². The van der Waals surface area contributed by atoms with Crippen LogP contribution in [0.4, 0.5) is 13.2 Å². The third kappa shape index (κ3) is 3.94. The third-order valence-corrected chi connectivity index (χ3v) is 3.19. The van der Waals surface area contributed by atoms with Gasteiger partial charge in [0.25, 0.3) is 0 Å². The van der Waals surface area contributed by atoms with Gasteiger partial charge in [-0.1, -0.05) is 6.07 Å². The second-order valence-corrected chi connectivity index (χ2v) is 4.75. The Morgan fingerprint density at radius 1 is 1.26 bits per heavy atom. The van der Waals surface area contributed by atoms with Crippen molar-refractivity contribution in [1.29, 1.82) is 0 Å². The monoisotopic (exact) mass is 323 g/mol. The lowest BCUT2D eigenvalue weighted by atomic mass is 9.98. The molecule has 0 atom stereocenters. The van der Waals surface area contributed by atoms with Crippen molar-refractivity contribution in [2.75, 3.05) is 7.11 Å². The number of esters is 1. The largest absolute Gasteiger partial charge is 0.469 e. The Bertz CT molecular complexity index is 742. The van der Waals surface area contributed by atoms with Gasteiger partial charge in [0.2, 0.25) is 0 Å². The van der Waals surface area contributed by atoms with Crippen molar-refractivity contribution in [3.63, 3.8) is 0 Å². The van der Waals surface area contributed by atoms with Gasteiger partial charge in [0, 0.05) is 23.5 Å². The normalized spacial score (nSPS) is 11.1. The van der Waals surface area contributed by atoms with Gasteiger partial charge in [-0.3, -0.25) is 14.6 Å². The number of aromatic nitrogens is 1. The maximum atomic E-state index is 12.7. The summed E-state index contributed by atoms with van der Waals surface area (Å²) in [6.45, 7) is 0. The number of hydrogen-bond donors (Lipinski definition) is 0. The number of methoxy groups -OCH3 is 1. The first-order chi connectivity index (χ1) is 10.8. The molecule has 0 saturated carbocycles. The molecule has 7 heteroatoms. The Balaban J connectivity index is 2.44. The van der Waals surface area contributed by atoms with Crippen molar-refractivity contribution in [1.82, 2.24) is 4.98 Å². The quantitative estimate of drug-likeness (QED) is 0.640. The molecule has 0 saturated heterocycles. The van der Waals surface area contributed by atoms with E-state index in [1.54, 1.807) is 6.07 Å². The highest BCUT2D eigenvalue weighted by molar-refractivity contribution is 5.88. The Morgan fingerprint density at radius 2 is 2.00 bits per heavy atom. The molecule has 0 fully saturated rings. The zero-order valence-corrected chi connectivity index (χ0v) is 12.1. The summed E-state index contributed by atoms with van der Waals surface area (Å²) in [4.78, 5) is 26.4. The highest BCUT2D eigenvalue weighted by Gasteiger charge is 2.31. The van der Waals surface area contributed by atoms with Crippen LogP contribution >= 0.6 is 0 Å². The number of alkyl halides is 3. The molecule has 1 heterocycles. The number of carbonyl (C=O) groups is 2. The second-order valence-electron chi connectivity index (χ2n) is 4.75. The molecule has 0 unspecified atom stereocenters. The molecule has 0 aliphatic heterocycles. The van der Waals surface area contributed by atoms with Crippen LogP contribution in [-0.2, 0) is 22.1 Å². The lowest BCUT2D eigenvalue weighted by Crippen LogP contribution is -2.06. The maximum absolute atomic E-state index is 12.7. The lowest BCUT2D eigenvalue weighted by Gasteiger charge is -2.11. The molecule has 1 aromatic heterocycles. The summed E-state index contributed by atoms with van der Waals surface area (Å²) in [6, 6.07) is 4.48. The van der Waals surface area contributed by atoms with Gasteiger partial charge in [-0.15, -0.1) is 0 Å². The summed E-state index contributed by atoms with van der Waals surface area (Å²) in [7, 11) is 1.25. The number of nitrogens with zero attached hydrogens (tertiary/aromatic N) is 1. The molecule has 1 aromatic carbocycles. The minimum absolute atomic E-state index is 0.0194. The van der Waals surface area contributed by atoms with Gasteiger partial charge in [-0.05, 0) is 29.3 Å². The maximum Gasteiger partial charge on any atom is 0.416 e. The molecule has 2 rings (SSSR count). The van der Waals surface area contributed by atoms with Crippen LogP contribution in [0.1, 0.15) is 21.5 Å². The molecule has 0 radical (unpaired) electrons. The molecule has 23 heavy (non-hydrogen) atoms. The molecule has 2 aromatic rings. The summed E-state index contributed by atoms with van der Waals surface area (Å²) in [5.74, 6) is -0.466. The molecular weight excluding hydrogens is 311 g/mol. The van der Waals surface area contributed by atoms with E-state index in [-0.39, 0.29) is 12.0 Å². The number of rotatable bonds is 4. The van der Waals surface area contributed by atoms with E-state index in [0.29, 0.717) is 23.0 Å². The van der Waals surface area contributed by atoms with Crippen LogP contribution in [0.3, 0.4) is 0 Å². The summed E-state index contributed by atoms with van der Waals surface area (Å²) in [5.41, 5.74) is 0.291. The Labute approximate surface area is 129 Å². The van der Waals surface area contributed by atoms with Gasteiger partial charge >= 0.3 is 12.1 Å². The van der Waals surface area contributed by atoms with Gasteiger partial charge < -0.3 is 4.74 Å². The molecular formula is C16H12F3NO3. The number of carbonyl (C=O) groups excluding carboxylic acids is 2. The van der Waals surface area contributed by atoms with Crippen molar-refractivity contribution < 1.29 is 27.5 Å². The number of ether oxygens (including phenoxy) is 1. The van der Waals surface area contributed by atoms with Gasteiger partial charge in [-0.25, -0.2) is 0 Å². The molecule has 0 aliphatic rings. The highest BCUT2D eigenvalue weighted by atomic mass is 19.4. The Hall–Kier alpha value is -2.70. The summed E-state index contributed by atoms with van der Waals surface area (Å²) < 4.78 is 42.7. The van der Waals surface area contributed by atoms with E-state index in [1.807, 2.05) is 0 Å². The summed E-state index contributed by atoms with van der Waals surface area (Å²) >= 11 is 0. The number of benzene rings is 1. The first-order valence-corrected chi connectivity index (χ1v) is 6.52. The van der Waals surface area contributed by atoms with Crippen LogP contribution in [0, 0.1) is 0 Å². The molecule has 0 amide bonds. The predicted molar refractivity (Wildman–Crippen MR) is 75.8 cm³/mol. The van der Waals surface area contributed by atoms with Crippen LogP contribution in [0.5, 0.6) is 0 Å². The van der Waals surface area contributed by atoms with E-state index < -0.39 is 17.7 Å². The summed E-state index contributed by atoms with van der Waals surface area (Å²) in [6.07, 6.45) is -1.32. The van der Waals surface area contributed by atoms with E-state index in [2.05, 4.69) is 9.72 Å². The number of pyridine rings is 1. The zero-order chi connectivity index (χ0) is 17.0. The number of aldehydes is 1. The van der Waals surface area contributed by atoms with Crippen LogP contribution in [-0.4, -0.2) is 24.3 Å². The Kier molecular flexibility index (Phi) is 4.78. The van der Waals surface area contributed by atoms with E-state index >= 15 is 0 Å².